The summed E-state index contributed by atoms with van der Waals surface area (Å²) in [6.07, 6.45) is 1.72. The number of methoxy groups -OCH3 is 2. The van der Waals surface area contributed by atoms with Gasteiger partial charge in [-0.25, -0.2) is 9.98 Å². The number of nitrogens with zero attached hydrogens (tertiary/aromatic N) is 2. The quantitative estimate of drug-likeness (QED) is 0.246. The van der Waals surface area contributed by atoms with Gasteiger partial charge in [0.05, 0.1) is 27.3 Å². The van der Waals surface area contributed by atoms with Crippen LogP contribution in [0.25, 0.3) is 0 Å². The molecule has 7 nitrogen and oxygen atoms in total. The molecule has 0 bridgehead atoms. The molecule has 0 spiro atoms. The van der Waals surface area contributed by atoms with Gasteiger partial charge in [-0.15, -0.1) is 24.0 Å². The lowest BCUT2D eigenvalue weighted by atomic mass is 10.3. The second-order valence-electron chi connectivity index (χ2n) is 5.35. The van der Waals surface area contributed by atoms with E-state index >= 15 is 0 Å². The van der Waals surface area contributed by atoms with Crippen molar-refractivity contribution in [2.24, 2.45) is 4.99 Å². The second kappa shape index (κ2) is 13.0. The number of pyridine rings is 1. The fourth-order valence-corrected chi connectivity index (χ4v) is 2.18. The third-order valence-corrected chi connectivity index (χ3v) is 3.50. The van der Waals surface area contributed by atoms with Crippen LogP contribution in [0.2, 0.25) is 0 Å². The van der Waals surface area contributed by atoms with Gasteiger partial charge in [0.15, 0.2) is 5.96 Å². The smallest absolute Gasteiger partial charge is 0.213 e. The maximum absolute atomic E-state index is 5.70. The van der Waals surface area contributed by atoms with Gasteiger partial charge in [-0.05, 0) is 42.8 Å². The molecule has 27 heavy (non-hydrogen) atoms. The Morgan fingerprint density at radius 3 is 2.44 bits per heavy atom. The van der Waals surface area contributed by atoms with E-state index in [1.165, 1.54) is 0 Å². The van der Waals surface area contributed by atoms with Crippen LogP contribution < -0.4 is 24.8 Å². The van der Waals surface area contributed by atoms with Crippen LogP contribution in [-0.2, 0) is 6.54 Å². The highest BCUT2D eigenvalue weighted by Crippen LogP contribution is 2.16. The number of benzene rings is 1. The number of aliphatic imine (C=N–C) groups is 1. The summed E-state index contributed by atoms with van der Waals surface area (Å²) < 4.78 is 16.0. The zero-order valence-corrected chi connectivity index (χ0v) is 18.2. The number of aromatic nitrogens is 1. The Labute approximate surface area is 177 Å². The minimum Gasteiger partial charge on any atom is -0.497 e. The van der Waals surface area contributed by atoms with Gasteiger partial charge in [0.1, 0.15) is 18.1 Å². The molecule has 0 saturated heterocycles. The van der Waals surface area contributed by atoms with Crippen molar-refractivity contribution < 1.29 is 14.2 Å². The number of halogens is 1. The van der Waals surface area contributed by atoms with Gasteiger partial charge < -0.3 is 24.8 Å². The van der Waals surface area contributed by atoms with Crippen molar-refractivity contribution >= 4 is 29.9 Å². The van der Waals surface area contributed by atoms with Crippen LogP contribution in [0.1, 0.15) is 12.5 Å². The highest BCUT2D eigenvalue weighted by atomic mass is 127. The molecule has 0 saturated carbocycles. The van der Waals surface area contributed by atoms with E-state index < -0.39 is 0 Å². The number of rotatable bonds is 9. The molecule has 2 N–H and O–H groups in total. The predicted molar refractivity (Wildman–Crippen MR) is 118 cm³/mol. The second-order valence-corrected chi connectivity index (χ2v) is 5.35. The maximum Gasteiger partial charge on any atom is 0.213 e. The van der Waals surface area contributed by atoms with E-state index in [0.717, 1.165) is 29.6 Å². The fourth-order valence-electron chi connectivity index (χ4n) is 2.18. The average Bonchev–Trinajstić information content (AvgIpc) is 2.69. The van der Waals surface area contributed by atoms with Crippen molar-refractivity contribution in [1.82, 2.24) is 15.6 Å². The molecule has 1 heterocycles. The van der Waals surface area contributed by atoms with Crippen LogP contribution in [0.4, 0.5) is 0 Å². The summed E-state index contributed by atoms with van der Waals surface area (Å²) in [6, 6.07) is 11.3. The molecule has 0 amide bonds. The van der Waals surface area contributed by atoms with Crippen molar-refractivity contribution in [1.29, 1.82) is 0 Å². The first-order valence-electron chi connectivity index (χ1n) is 8.53. The standard InChI is InChI=1S/C19H26N4O3.HI/c1-4-20-19(23-14-15-9-10-21-18(13-15)25-3)22-11-12-26-17-7-5-16(24-2)6-8-17;/h5-10,13H,4,11-12,14H2,1-3H3,(H2,20,22,23);1H. The van der Waals surface area contributed by atoms with Crippen molar-refractivity contribution in [3.05, 3.63) is 48.2 Å². The molecule has 8 heteroatoms. The molecule has 0 fully saturated rings. The Balaban J connectivity index is 0.00000364. The van der Waals surface area contributed by atoms with Crippen LogP contribution in [0.15, 0.2) is 47.6 Å². The van der Waals surface area contributed by atoms with Crippen molar-refractivity contribution in [2.75, 3.05) is 33.9 Å². The normalized spacial score (nSPS) is 10.6. The molecule has 0 atom stereocenters. The Bertz CT molecular complexity index is 696. The van der Waals surface area contributed by atoms with E-state index in [9.17, 15) is 0 Å². The lowest BCUT2D eigenvalue weighted by Gasteiger charge is -2.12. The molecule has 1 aromatic heterocycles. The van der Waals surface area contributed by atoms with Crippen LogP contribution in [0.5, 0.6) is 17.4 Å². The maximum atomic E-state index is 5.70. The molecule has 0 unspecified atom stereocenters. The highest BCUT2D eigenvalue weighted by molar-refractivity contribution is 14.0. The third kappa shape index (κ3) is 8.33. The Hall–Kier alpha value is -2.23. The number of hydrogen-bond donors (Lipinski definition) is 2. The van der Waals surface area contributed by atoms with E-state index in [0.29, 0.717) is 25.6 Å². The van der Waals surface area contributed by atoms with Crippen molar-refractivity contribution in [2.45, 2.75) is 13.5 Å². The summed E-state index contributed by atoms with van der Waals surface area (Å²) in [4.78, 5) is 8.66. The van der Waals surface area contributed by atoms with E-state index in [1.54, 1.807) is 20.4 Å². The molecular formula is C19H27IN4O3. The number of nitrogens with one attached hydrogen (secondary N) is 2. The molecule has 0 radical (unpaired) electrons. The number of hydrogen-bond acceptors (Lipinski definition) is 5. The first kappa shape index (κ1) is 22.8. The zero-order valence-electron chi connectivity index (χ0n) is 15.9. The van der Waals surface area contributed by atoms with Gasteiger partial charge >= 0.3 is 0 Å². The first-order valence-corrected chi connectivity index (χ1v) is 8.53. The van der Waals surface area contributed by atoms with Crippen LogP contribution >= 0.6 is 24.0 Å². The zero-order chi connectivity index (χ0) is 18.6. The lowest BCUT2D eigenvalue weighted by molar-refractivity contribution is 0.321. The molecule has 1 aromatic carbocycles. The van der Waals surface area contributed by atoms with E-state index in [2.05, 4.69) is 20.6 Å². The van der Waals surface area contributed by atoms with Gasteiger partial charge in [0.25, 0.3) is 0 Å². The monoisotopic (exact) mass is 486 g/mol. The van der Waals surface area contributed by atoms with Crippen molar-refractivity contribution in [3.8, 4) is 17.4 Å². The summed E-state index contributed by atoms with van der Waals surface area (Å²) in [5.41, 5.74) is 1.03. The summed E-state index contributed by atoms with van der Waals surface area (Å²) >= 11 is 0. The van der Waals surface area contributed by atoms with Crippen LogP contribution in [-0.4, -0.2) is 44.9 Å². The minimum absolute atomic E-state index is 0. The predicted octanol–water partition coefficient (Wildman–Crippen LogP) is 2.85. The fraction of sp³-hybridized carbons (Fsp3) is 0.368. The van der Waals surface area contributed by atoms with Crippen molar-refractivity contribution in [3.63, 3.8) is 0 Å². The Morgan fingerprint density at radius 1 is 1.04 bits per heavy atom. The summed E-state index contributed by atoms with van der Waals surface area (Å²) in [6.45, 7) is 4.51. The van der Waals surface area contributed by atoms with Gasteiger partial charge in [0, 0.05) is 18.8 Å². The molecule has 2 rings (SSSR count). The molecule has 0 aliphatic heterocycles. The largest absolute Gasteiger partial charge is 0.497 e. The van der Waals surface area contributed by atoms with Gasteiger partial charge in [-0.2, -0.15) is 0 Å². The van der Waals surface area contributed by atoms with Gasteiger partial charge in [-0.1, -0.05) is 0 Å². The molecule has 0 aliphatic carbocycles. The van der Waals surface area contributed by atoms with Crippen LogP contribution in [0, 0.1) is 0 Å². The van der Waals surface area contributed by atoms with Crippen LogP contribution in [0.3, 0.4) is 0 Å². The Kier molecular flexibility index (Phi) is 11.0. The van der Waals surface area contributed by atoms with Gasteiger partial charge in [0.2, 0.25) is 5.88 Å². The SMILES string of the molecule is CCNC(=NCc1ccnc(OC)c1)NCCOc1ccc(OC)cc1.I. The van der Waals surface area contributed by atoms with E-state index in [4.69, 9.17) is 14.2 Å². The van der Waals surface area contributed by atoms with E-state index in [1.807, 2.05) is 43.3 Å². The third-order valence-electron chi connectivity index (χ3n) is 3.50. The van der Waals surface area contributed by atoms with Gasteiger partial charge in [-0.3, -0.25) is 0 Å². The molecule has 2 aromatic rings. The topological polar surface area (TPSA) is 77.0 Å². The number of guanidine groups is 1. The molecule has 148 valence electrons. The first-order chi connectivity index (χ1) is 12.7. The minimum atomic E-state index is 0. The lowest BCUT2D eigenvalue weighted by Crippen LogP contribution is -2.39. The molecular weight excluding hydrogens is 459 g/mol. The average molecular weight is 486 g/mol. The summed E-state index contributed by atoms with van der Waals surface area (Å²) in [7, 11) is 3.24. The Morgan fingerprint density at radius 2 is 1.78 bits per heavy atom. The number of ether oxygens (including phenoxy) is 3. The molecule has 0 aliphatic rings. The highest BCUT2D eigenvalue weighted by Gasteiger charge is 2.00. The summed E-state index contributed by atoms with van der Waals surface area (Å²) in [5, 5.41) is 6.47. The summed E-state index contributed by atoms with van der Waals surface area (Å²) in [5.74, 6) is 2.94. The van der Waals surface area contributed by atoms with E-state index in [-0.39, 0.29) is 24.0 Å².